The second kappa shape index (κ2) is 5.30. The Balaban J connectivity index is 2.93. The van der Waals surface area contributed by atoms with Crippen LogP contribution in [0.15, 0.2) is 18.2 Å². The van der Waals surface area contributed by atoms with Crippen molar-refractivity contribution < 1.29 is 13.5 Å². The van der Waals surface area contributed by atoms with Crippen LogP contribution in [-0.2, 0) is 6.42 Å². The average molecular weight is 211 g/mol. The Labute approximate surface area is 87.1 Å². The summed E-state index contributed by atoms with van der Waals surface area (Å²) < 4.78 is 28.5. The van der Waals surface area contributed by atoms with Crippen molar-refractivity contribution in [2.75, 3.05) is 0 Å². The SMILES string of the molecule is Cc1cccc(OC(F)F)c1CCC#N. The maximum Gasteiger partial charge on any atom is 0.387 e. The monoisotopic (exact) mass is 211 g/mol. The summed E-state index contributed by atoms with van der Waals surface area (Å²) in [7, 11) is 0. The fourth-order valence-electron chi connectivity index (χ4n) is 1.38. The quantitative estimate of drug-likeness (QED) is 0.766. The lowest BCUT2D eigenvalue weighted by molar-refractivity contribution is -0.0504. The van der Waals surface area contributed by atoms with E-state index < -0.39 is 6.61 Å². The molecule has 15 heavy (non-hydrogen) atoms. The highest BCUT2D eigenvalue weighted by molar-refractivity contribution is 5.40. The number of benzene rings is 1. The van der Waals surface area contributed by atoms with Crippen molar-refractivity contribution in [3.8, 4) is 11.8 Å². The largest absolute Gasteiger partial charge is 0.435 e. The van der Waals surface area contributed by atoms with Crippen LogP contribution >= 0.6 is 0 Å². The zero-order chi connectivity index (χ0) is 11.3. The van der Waals surface area contributed by atoms with Gasteiger partial charge in [-0.15, -0.1) is 0 Å². The Bertz CT molecular complexity index is 371. The van der Waals surface area contributed by atoms with Crippen LogP contribution in [0, 0.1) is 18.3 Å². The highest BCUT2D eigenvalue weighted by Crippen LogP contribution is 2.24. The molecule has 0 aliphatic heterocycles. The molecule has 0 aliphatic rings. The molecule has 0 atom stereocenters. The molecular formula is C11H11F2NO. The molecule has 0 radical (unpaired) electrons. The van der Waals surface area contributed by atoms with Gasteiger partial charge in [0.2, 0.25) is 0 Å². The number of ether oxygens (including phenoxy) is 1. The highest BCUT2D eigenvalue weighted by atomic mass is 19.3. The summed E-state index contributed by atoms with van der Waals surface area (Å²) in [5, 5.41) is 8.45. The maximum absolute atomic E-state index is 12.1. The molecule has 0 heterocycles. The van der Waals surface area contributed by atoms with Crippen LogP contribution in [-0.4, -0.2) is 6.61 Å². The molecule has 0 saturated heterocycles. The Morgan fingerprint density at radius 2 is 2.20 bits per heavy atom. The number of hydrogen-bond acceptors (Lipinski definition) is 2. The molecule has 1 aromatic carbocycles. The summed E-state index contributed by atoms with van der Waals surface area (Å²) in [4.78, 5) is 0. The fraction of sp³-hybridized carbons (Fsp3) is 0.364. The standard InChI is InChI=1S/C11H11F2NO/c1-8-4-2-6-10(15-11(12)13)9(8)5-3-7-14/h2,4,6,11H,3,5H2,1H3. The Morgan fingerprint density at radius 3 is 2.80 bits per heavy atom. The molecule has 4 heteroatoms. The first kappa shape index (κ1) is 11.4. The minimum atomic E-state index is -2.83. The first-order valence-corrected chi connectivity index (χ1v) is 4.55. The van der Waals surface area contributed by atoms with E-state index in [0.29, 0.717) is 18.4 Å². The van der Waals surface area contributed by atoms with Crippen LogP contribution in [0.5, 0.6) is 5.75 Å². The van der Waals surface area contributed by atoms with Gasteiger partial charge in [-0.05, 0) is 30.5 Å². The number of halogens is 2. The minimum absolute atomic E-state index is 0.167. The number of nitrogens with zero attached hydrogens (tertiary/aromatic N) is 1. The lowest BCUT2D eigenvalue weighted by Gasteiger charge is -2.11. The highest BCUT2D eigenvalue weighted by Gasteiger charge is 2.10. The summed E-state index contributed by atoms with van der Waals surface area (Å²) in [6.07, 6.45) is 0.732. The van der Waals surface area contributed by atoms with Gasteiger partial charge in [0.1, 0.15) is 5.75 Å². The van der Waals surface area contributed by atoms with Gasteiger partial charge < -0.3 is 4.74 Å². The van der Waals surface area contributed by atoms with Crippen molar-refractivity contribution in [1.29, 1.82) is 5.26 Å². The number of alkyl halides is 2. The van der Waals surface area contributed by atoms with Crippen LogP contribution in [0.4, 0.5) is 8.78 Å². The van der Waals surface area contributed by atoms with Crippen LogP contribution < -0.4 is 4.74 Å². The van der Waals surface area contributed by atoms with Crippen LogP contribution in [0.3, 0.4) is 0 Å². The Hall–Kier alpha value is -1.63. The molecule has 0 amide bonds. The first-order valence-electron chi connectivity index (χ1n) is 4.55. The topological polar surface area (TPSA) is 33.0 Å². The van der Waals surface area contributed by atoms with E-state index in [1.54, 1.807) is 6.07 Å². The summed E-state index contributed by atoms with van der Waals surface area (Å²) in [5.41, 5.74) is 1.54. The third-order valence-corrected chi connectivity index (χ3v) is 2.07. The van der Waals surface area contributed by atoms with Gasteiger partial charge in [0.05, 0.1) is 6.07 Å². The summed E-state index contributed by atoms with van der Waals surface area (Å²) in [6, 6.07) is 6.94. The average Bonchev–Trinajstić information content (AvgIpc) is 2.16. The molecule has 0 N–H and O–H groups in total. The van der Waals surface area contributed by atoms with E-state index in [1.165, 1.54) is 6.07 Å². The van der Waals surface area contributed by atoms with Crippen molar-refractivity contribution in [3.63, 3.8) is 0 Å². The van der Waals surface area contributed by atoms with Crippen molar-refractivity contribution in [2.24, 2.45) is 0 Å². The Kier molecular flexibility index (Phi) is 4.04. The normalized spacial score (nSPS) is 10.1. The zero-order valence-corrected chi connectivity index (χ0v) is 8.34. The molecule has 0 saturated carbocycles. The van der Waals surface area contributed by atoms with Crippen LogP contribution in [0.25, 0.3) is 0 Å². The minimum Gasteiger partial charge on any atom is -0.435 e. The molecule has 0 bridgehead atoms. The van der Waals surface area contributed by atoms with Gasteiger partial charge >= 0.3 is 6.61 Å². The number of hydrogen-bond donors (Lipinski definition) is 0. The molecule has 0 aliphatic carbocycles. The van der Waals surface area contributed by atoms with Gasteiger partial charge in [-0.1, -0.05) is 12.1 Å². The summed E-state index contributed by atoms with van der Waals surface area (Å²) >= 11 is 0. The van der Waals surface area contributed by atoms with Gasteiger partial charge in [0.15, 0.2) is 0 Å². The summed E-state index contributed by atoms with van der Waals surface area (Å²) in [6.45, 7) is -1.02. The predicted octanol–water partition coefficient (Wildman–Crippen LogP) is 3.05. The second-order valence-corrected chi connectivity index (χ2v) is 3.09. The second-order valence-electron chi connectivity index (χ2n) is 3.09. The number of rotatable bonds is 4. The van der Waals surface area contributed by atoms with Crippen LogP contribution in [0.2, 0.25) is 0 Å². The van der Waals surface area contributed by atoms with E-state index in [4.69, 9.17) is 5.26 Å². The number of nitriles is 1. The van der Waals surface area contributed by atoms with Crippen molar-refractivity contribution in [2.45, 2.75) is 26.4 Å². The first-order chi connectivity index (χ1) is 7.15. The molecule has 80 valence electrons. The predicted molar refractivity (Wildman–Crippen MR) is 51.7 cm³/mol. The van der Waals surface area contributed by atoms with Crippen molar-refractivity contribution >= 4 is 0 Å². The lowest BCUT2D eigenvalue weighted by atomic mass is 10.0. The van der Waals surface area contributed by atoms with Gasteiger partial charge in [-0.2, -0.15) is 14.0 Å². The van der Waals surface area contributed by atoms with E-state index >= 15 is 0 Å². The van der Waals surface area contributed by atoms with Gasteiger partial charge in [-0.3, -0.25) is 0 Å². The molecule has 1 rings (SSSR count). The molecule has 0 fully saturated rings. The maximum atomic E-state index is 12.1. The van der Waals surface area contributed by atoms with E-state index in [1.807, 2.05) is 19.1 Å². The smallest absolute Gasteiger partial charge is 0.387 e. The molecular weight excluding hydrogens is 200 g/mol. The third-order valence-electron chi connectivity index (χ3n) is 2.07. The lowest BCUT2D eigenvalue weighted by Crippen LogP contribution is -2.05. The fourth-order valence-corrected chi connectivity index (χ4v) is 1.38. The van der Waals surface area contributed by atoms with Crippen LogP contribution in [0.1, 0.15) is 17.5 Å². The summed E-state index contributed by atoms with van der Waals surface area (Å²) in [5.74, 6) is 0.167. The van der Waals surface area contributed by atoms with E-state index in [2.05, 4.69) is 4.74 Å². The molecule has 0 unspecified atom stereocenters. The van der Waals surface area contributed by atoms with E-state index in [0.717, 1.165) is 5.56 Å². The molecule has 2 nitrogen and oxygen atoms in total. The molecule has 1 aromatic rings. The Morgan fingerprint density at radius 1 is 1.47 bits per heavy atom. The van der Waals surface area contributed by atoms with E-state index in [9.17, 15) is 8.78 Å². The molecule has 0 spiro atoms. The van der Waals surface area contributed by atoms with Crippen molar-refractivity contribution in [3.05, 3.63) is 29.3 Å². The van der Waals surface area contributed by atoms with Gasteiger partial charge in [0.25, 0.3) is 0 Å². The zero-order valence-electron chi connectivity index (χ0n) is 8.34. The van der Waals surface area contributed by atoms with Gasteiger partial charge in [-0.25, -0.2) is 0 Å². The third kappa shape index (κ3) is 3.21. The molecule has 0 aromatic heterocycles. The van der Waals surface area contributed by atoms with E-state index in [-0.39, 0.29) is 5.75 Å². The van der Waals surface area contributed by atoms with Crippen molar-refractivity contribution in [1.82, 2.24) is 0 Å². The number of aryl methyl sites for hydroxylation is 1. The van der Waals surface area contributed by atoms with Gasteiger partial charge in [0, 0.05) is 6.42 Å².